The van der Waals surface area contributed by atoms with Gasteiger partial charge in [-0.25, -0.2) is 4.39 Å². The molecule has 0 bridgehead atoms. The number of alkyl halides is 1. The maximum absolute atomic E-state index is 13.0. The average molecular weight is 239 g/mol. The van der Waals surface area contributed by atoms with Crippen LogP contribution in [0, 0.1) is 0 Å². The fourth-order valence-corrected chi connectivity index (χ4v) is 1.82. The molecule has 0 radical (unpaired) electrons. The number of hydrogen-bond donors (Lipinski definition) is 2. The van der Waals surface area contributed by atoms with Crippen LogP contribution < -0.4 is 5.73 Å². The number of aliphatic carboxylic acids is 1. The van der Waals surface area contributed by atoms with Gasteiger partial charge in [0, 0.05) is 18.9 Å². The molecular weight excluding hydrogens is 221 g/mol. The highest BCUT2D eigenvalue weighted by Crippen LogP contribution is 2.21. The fraction of sp³-hybridized carbons (Fsp3) is 0.462. The zero-order valence-corrected chi connectivity index (χ0v) is 9.90. The number of benzene rings is 1. The van der Waals surface area contributed by atoms with E-state index in [4.69, 9.17) is 10.8 Å². The van der Waals surface area contributed by atoms with E-state index in [1.165, 1.54) is 6.92 Å². The summed E-state index contributed by atoms with van der Waals surface area (Å²) in [5.74, 6) is -0.864. The second-order valence-electron chi connectivity index (χ2n) is 4.22. The molecule has 0 fully saturated rings. The first kappa shape index (κ1) is 13.6. The Morgan fingerprint density at radius 2 is 2.12 bits per heavy atom. The van der Waals surface area contributed by atoms with Gasteiger partial charge < -0.3 is 10.8 Å². The van der Waals surface area contributed by atoms with E-state index in [9.17, 15) is 9.18 Å². The van der Waals surface area contributed by atoms with Crippen LogP contribution in [0.5, 0.6) is 0 Å². The highest BCUT2D eigenvalue weighted by molar-refractivity contribution is 5.66. The molecule has 3 N–H and O–H groups in total. The second kappa shape index (κ2) is 6.35. The van der Waals surface area contributed by atoms with Crippen molar-refractivity contribution >= 4 is 5.97 Å². The van der Waals surface area contributed by atoms with Crippen molar-refractivity contribution in [1.82, 2.24) is 0 Å². The summed E-state index contributed by atoms with van der Waals surface area (Å²) in [5.41, 5.74) is 7.64. The van der Waals surface area contributed by atoms with Gasteiger partial charge in [0.2, 0.25) is 0 Å². The second-order valence-corrected chi connectivity index (χ2v) is 4.22. The first-order valence-electron chi connectivity index (χ1n) is 5.70. The number of carboxylic acid groups (broad SMARTS) is 1. The maximum Gasteiger partial charge on any atom is 0.303 e. The van der Waals surface area contributed by atoms with Gasteiger partial charge in [0.15, 0.2) is 0 Å². The van der Waals surface area contributed by atoms with Gasteiger partial charge in [0.05, 0.1) is 0 Å². The van der Waals surface area contributed by atoms with Gasteiger partial charge in [0.25, 0.3) is 0 Å². The Morgan fingerprint density at radius 1 is 1.47 bits per heavy atom. The Labute approximate surface area is 100 Å². The van der Waals surface area contributed by atoms with E-state index in [1.54, 1.807) is 0 Å². The third-order valence-electron chi connectivity index (χ3n) is 2.62. The minimum Gasteiger partial charge on any atom is -0.481 e. The topological polar surface area (TPSA) is 63.3 Å². The van der Waals surface area contributed by atoms with Crippen LogP contribution in [0.15, 0.2) is 24.3 Å². The van der Waals surface area contributed by atoms with E-state index in [-0.39, 0.29) is 12.5 Å². The highest BCUT2D eigenvalue weighted by Gasteiger charge is 2.13. The largest absolute Gasteiger partial charge is 0.481 e. The number of rotatable bonds is 6. The summed E-state index contributed by atoms with van der Waals surface area (Å²) in [5, 5.41) is 8.61. The van der Waals surface area contributed by atoms with Gasteiger partial charge in [-0.15, -0.1) is 0 Å². The predicted molar refractivity (Wildman–Crippen MR) is 64.5 cm³/mol. The lowest BCUT2D eigenvalue weighted by Gasteiger charge is -2.16. The van der Waals surface area contributed by atoms with Crippen molar-refractivity contribution in [1.29, 1.82) is 0 Å². The molecule has 0 aliphatic rings. The van der Waals surface area contributed by atoms with Gasteiger partial charge in [-0.2, -0.15) is 0 Å². The van der Waals surface area contributed by atoms with Gasteiger partial charge in [-0.1, -0.05) is 24.3 Å². The molecular formula is C13H18FNO2. The Balaban J connectivity index is 2.77. The molecule has 0 aliphatic heterocycles. The van der Waals surface area contributed by atoms with E-state index in [0.717, 1.165) is 11.1 Å². The van der Waals surface area contributed by atoms with E-state index in [1.807, 2.05) is 24.3 Å². The summed E-state index contributed by atoms with van der Waals surface area (Å²) >= 11 is 0. The molecule has 0 amide bonds. The number of nitrogens with two attached hydrogens (primary N) is 1. The summed E-state index contributed by atoms with van der Waals surface area (Å²) in [7, 11) is 0. The van der Waals surface area contributed by atoms with Gasteiger partial charge >= 0.3 is 5.97 Å². The van der Waals surface area contributed by atoms with Crippen LogP contribution in [-0.2, 0) is 11.2 Å². The molecule has 1 aromatic rings. The molecule has 2 unspecified atom stereocenters. The fourth-order valence-electron chi connectivity index (χ4n) is 1.82. The van der Waals surface area contributed by atoms with Crippen LogP contribution in [0.4, 0.5) is 4.39 Å². The summed E-state index contributed by atoms with van der Waals surface area (Å²) < 4.78 is 13.0. The molecule has 0 aromatic heterocycles. The smallest absolute Gasteiger partial charge is 0.303 e. The van der Waals surface area contributed by atoms with Crippen molar-refractivity contribution in [3.8, 4) is 0 Å². The lowest BCUT2D eigenvalue weighted by molar-refractivity contribution is -0.137. The van der Waals surface area contributed by atoms with Gasteiger partial charge in [-0.3, -0.25) is 4.79 Å². The molecule has 0 heterocycles. The van der Waals surface area contributed by atoms with Crippen molar-refractivity contribution in [2.24, 2.45) is 5.73 Å². The van der Waals surface area contributed by atoms with E-state index in [2.05, 4.69) is 0 Å². The van der Waals surface area contributed by atoms with Crippen LogP contribution in [0.1, 0.15) is 36.9 Å². The third-order valence-corrected chi connectivity index (χ3v) is 2.62. The Morgan fingerprint density at radius 3 is 2.71 bits per heavy atom. The molecule has 0 aliphatic carbocycles. The Kier molecular flexibility index (Phi) is 5.10. The molecule has 0 saturated heterocycles. The molecule has 2 atom stereocenters. The van der Waals surface area contributed by atoms with E-state index >= 15 is 0 Å². The molecule has 17 heavy (non-hydrogen) atoms. The zero-order chi connectivity index (χ0) is 12.8. The molecule has 1 aromatic carbocycles. The standard InChI is InChI=1S/C13H18FNO2/c1-9(14)8-10-4-2-3-5-11(10)12(15)6-7-13(16)17/h2-5,9,12H,6-8,15H2,1H3,(H,16,17). The van der Waals surface area contributed by atoms with Crippen molar-refractivity contribution in [3.05, 3.63) is 35.4 Å². The predicted octanol–water partition coefficient (Wildman–Crippen LogP) is 2.45. The average Bonchev–Trinajstić information content (AvgIpc) is 2.25. The third kappa shape index (κ3) is 4.53. The van der Waals surface area contributed by atoms with Crippen LogP contribution in [0.3, 0.4) is 0 Å². The molecule has 3 nitrogen and oxygen atoms in total. The lowest BCUT2D eigenvalue weighted by atomic mass is 9.95. The van der Waals surface area contributed by atoms with Crippen molar-refractivity contribution in [3.63, 3.8) is 0 Å². The van der Waals surface area contributed by atoms with E-state index < -0.39 is 12.1 Å². The minimum absolute atomic E-state index is 0.0285. The molecule has 1 rings (SSSR count). The summed E-state index contributed by atoms with van der Waals surface area (Å²) in [4.78, 5) is 10.5. The van der Waals surface area contributed by atoms with Crippen LogP contribution in [0.2, 0.25) is 0 Å². The maximum atomic E-state index is 13.0. The Hall–Kier alpha value is -1.42. The minimum atomic E-state index is -0.928. The van der Waals surface area contributed by atoms with Crippen LogP contribution >= 0.6 is 0 Å². The molecule has 4 heteroatoms. The number of carbonyl (C=O) groups is 1. The van der Waals surface area contributed by atoms with Gasteiger partial charge in [0.1, 0.15) is 6.17 Å². The first-order chi connectivity index (χ1) is 8.00. The Bertz CT molecular complexity index is 379. The number of carboxylic acids is 1. The van der Waals surface area contributed by atoms with E-state index in [0.29, 0.717) is 12.8 Å². The normalized spacial score (nSPS) is 14.3. The quantitative estimate of drug-likeness (QED) is 0.801. The lowest BCUT2D eigenvalue weighted by Crippen LogP contribution is -2.15. The summed E-state index contributed by atoms with van der Waals surface area (Å²) in [6, 6.07) is 7.00. The zero-order valence-electron chi connectivity index (χ0n) is 9.90. The summed E-state index contributed by atoms with van der Waals surface area (Å²) in [6.07, 6.45) is -0.215. The van der Waals surface area contributed by atoms with Gasteiger partial charge in [-0.05, 0) is 24.5 Å². The number of hydrogen-bond acceptors (Lipinski definition) is 2. The molecule has 94 valence electrons. The van der Waals surface area contributed by atoms with Crippen LogP contribution in [-0.4, -0.2) is 17.2 Å². The monoisotopic (exact) mass is 239 g/mol. The first-order valence-corrected chi connectivity index (χ1v) is 5.70. The van der Waals surface area contributed by atoms with Crippen molar-refractivity contribution < 1.29 is 14.3 Å². The van der Waals surface area contributed by atoms with Crippen LogP contribution in [0.25, 0.3) is 0 Å². The highest BCUT2D eigenvalue weighted by atomic mass is 19.1. The molecule has 0 saturated carbocycles. The van der Waals surface area contributed by atoms with Crippen molar-refractivity contribution in [2.45, 2.75) is 38.4 Å². The SMILES string of the molecule is CC(F)Cc1ccccc1C(N)CCC(=O)O. The molecule has 0 spiro atoms. The summed E-state index contributed by atoms with van der Waals surface area (Å²) in [6.45, 7) is 1.50. The van der Waals surface area contributed by atoms with Crippen molar-refractivity contribution in [2.75, 3.05) is 0 Å². The number of halogens is 1.